The van der Waals surface area contributed by atoms with Crippen LogP contribution >= 0.6 is 23.2 Å². The molecule has 1 heterocycles. The van der Waals surface area contributed by atoms with E-state index in [9.17, 15) is 14.4 Å². The lowest BCUT2D eigenvalue weighted by molar-refractivity contribution is -0.117. The number of hydrogen-bond donors (Lipinski definition) is 3. The third kappa shape index (κ3) is 6.21. The predicted molar refractivity (Wildman–Crippen MR) is 128 cm³/mol. The molecule has 0 fully saturated rings. The van der Waals surface area contributed by atoms with Crippen molar-refractivity contribution in [3.8, 4) is 0 Å². The first kappa shape index (κ1) is 23.1. The van der Waals surface area contributed by atoms with Gasteiger partial charge in [-0.3, -0.25) is 14.4 Å². The smallest absolute Gasteiger partial charge is 0.224 e. The monoisotopic (exact) mass is 461 g/mol. The normalized spacial score (nSPS) is 11.0. The average Bonchev–Trinajstić information content (AvgIpc) is 2.74. The SMILES string of the molecule is O=C(CCCCCl)Nc1ccc2c(=O)c3ccc(NC(=O)CCCCCl)cc3[nH]c2c1. The van der Waals surface area contributed by atoms with E-state index in [1.165, 1.54) is 0 Å². The second-order valence-corrected chi connectivity index (χ2v) is 8.12. The minimum absolute atomic E-state index is 0.0910. The van der Waals surface area contributed by atoms with Gasteiger partial charge in [-0.2, -0.15) is 0 Å². The molecule has 0 aliphatic carbocycles. The molecule has 3 aromatic rings. The number of amides is 2. The molecule has 0 saturated carbocycles. The van der Waals surface area contributed by atoms with Crippen molar-refractivity contribution in [2.45, 2.75) is 38.5 Å². The van der Waals surface area contributed by atoms with Crippen LogP contribution in [-0.4, -0.2) is 28.6 Å². The highest BCUT2D eigenvalue weighted by Gasteiger charge is 2.10. The van der Waals surface area contributed by atoms with Gasteiger partial charge in [-0.1, -0.05) is 0 Å². The number of nitrogens with one attached hydrogen (secondary N) is 3. The first-order chi connectivity index (χ1) is 15.0. The van der Waals surface area contributed by atoms with Gasteiger partial charge in [0.1, 0.15) is 0 Å². The van der Waals surface area contributed by atoms with Crippen LogP contribution in [-0.2, 0) is 9.59 Å². The minimum Gasteiger partial charge on any atom is -0.354 e. The summed E-state index contributed by atoms with van der Waals surface area (Å²) in [6.45, 7) is 0. The number of halogens is 2. The maximum Gasteiger partial charge on any atom is 0.224 e. The molecule has 0 aliphatic rings. The fourth-order valence-electron chi connectivity index (χ4n) is 3.34. The number of aromatic amines is 1. The third-order valence-corrected chi connectivity index (χ3v) is 5.47. The number of carbonyl (C=O) groups excluding carboxylic acids is 2. The highest BCUT2D eigenvalue weighted by molar-refractivity contribution is 6.18. The number of H-pyrrole nitrogens is 1. The molecule has 0 bridgehead atoms. The standard InChI is InChI=1S/C23H25Cl2N3O3/c24-11-3-1-5-21(29)26-15-7-9-17-19(13-15)28-20-14-16(8-10-18(20)23(17)31)27-22(30)6-2-4-12-25/h7-10,13-14H,1-6,11-12H2,(H,26,29)(H,27,30)(H,28,31). The first-order valence-electron chi connectivity index (χ1n) is 10.3. The predicted octanol–water partition coefficient (Wildman–Crippen LogP) is 5.38. The van der Waals surface area contributed by atoms with Gasteiger partial charge < -0.3 is 15.6 Å². The van der Waals surface area contributed by atoms with E-state index in [-0.39, 0.29) is 17.2 Å². The molecule has 31 heavy (non-hydrogen) atoms. The van der Waals surface area contributed by atoms with E-state index in [0.717, 1.165) is 25.7 Å². The van der Waals surface area contributed by atoms with Gasteiger partial charge >= 0.3 is 0 Å². The molecule has 0 atom stereocenters. The van der Waals surface area contributed by atoms with E-state index in [0.29, 0.717) is 57.8 Å². The summed E-state index contributed by atoms with van der Waals surface area (Å²) in [5, 5.41) is 6.77. The largest absolute Gasteiger partial charge is 0.354 e. The summed E-state index contributed by atoms with van der Waals surface area (Å²) in [6.07, 6.45) is 3.82. The average molecular weight is 462 g/mol. The Balaban J connectivity index is 1.82. The number of fused-ring (bicyclic) bond motifs is 2. The molecule has 2 amide bonds. The van der Waals surface area contributed by atoms with Crippen LogP contribution in [0.2, 0.25) is 0 Å². The van der Waals surface area contributed by atoms with Crippen molar-refractivity contribution >= 4 is 68.2 Å². The summed E-state index contributed by atoms with van der Waals surface area (Å²) < 4.78 is 0. The van der Waals surface area contributed by atoms with Gasteiger partial charge in [0.15, 0.2) is 5.43 Å². The van der Waals surface area contributed by atoms with E-state index >= 15 is 0 Å². The summed E-state index contributed by atoms with van der Waals surface area (Å²) in [6, 6.07) is 10.3. The van der Waals surface area contributed by atoms with Gasteiger partial charge in [-0.25, -0.2) is 0 Å². The number of unbranched alkanes of at least 4 members (excludes halogenated alkanes) is 2. The maximum absolute atomic E-state index is 12.9. The highest BCUT2D eigenvalue weighted by Crippen LogP contribution is 2.21. The van der Waals surface area contributed by atoms with Crippen molar-refractivity contribution in [2.24, 2.45) is 0 Å². The lowest BCUT2D eigenvalue weighted by Crippen LogP contribution is -2.12. The molecule has 1 aromatic heterocycles. The Morgan fingerprint density at radius 1 is 0.742 bits per heavy atom. The van der Waals surface area contributed by atoms with Crippen LogP contribution in [0.15, 0.2) is 41.2 Å². The quantitative estimate of drug-likeness (QED) is 0.215. The van der Waals surface area contributed by atoms with Crippen LogP contribution in [0.1, 0.15) is 38.5 Å². The van der Waals surface area contributed by atoms with Crippen LogP contribution in [0.25, 0.3) is 21.8 Å². The number of benzene rings is 2. The Kier molecular flexibility index (Phi) is 8.32. The Morgan fingerprint density at radius 2 is 1.19 bits per heavy atom. The summed E-state index contributed by atoms with van der Waals surface area (Å²) in [4.78, 5) is 40.3. The van der Waals surface area contributed by atoms with Crippen LogP contribution in [0, 0.1) is 0 Å². The zero-order valence-corrected chi connectivity index (χ0v) is 18.6. The van der Waals surface area contributed by atoms with Gasteiger partial charge in [0.25, 0.3) is 0 Å². The molecule has 6 nitrogen and oxygen atoms in total. The van der Waals surface area contributed by atoms with Crippen LogP contribution in [0.3, 0.4) is 0 Å². The Morgan fingerprint density at radius 3 is 1.61 bits per heavy atom. The van der Waals surface area contributed by atoms with Gasteiger partial charge in [-0.15, -0.1) is 23.2 Å². The summed E-state index contributed by atoms with van der Waals surface area (Å²) >= 11 is 11.3. The summed E-state index contributed by atoms with van der Waals surface area (Å²) in [5.41, 5.74) is 2.34. The van der Waals surface area contributed by atoms with Crippen LogP contribution in [0.5, 0.6) is 0 Å². The molecule has 0 unspecified atom stereocenters. The van der Waals surface area contributed by atoms with E-state index in [1.807, 2.05) is 0 Å². The van der Waals surface area contributed by atoms with Crippen molar-refractivity contribution in [2.75, 3.05) is 22.4 Å². The highest BCUT2D eigenvalue weighted by atomic mass is 35.5. The van der Waals surface area contributed by atoms with E-state index in [2.05, 4.69) is 15.6 Å². The maximum atomic E-state index is 12.9. The molecule has 0 spiro atoms. The molecule has 2 aromatic carbocycles. The minimum atomic E-state index is -0.108. The number of hydrogen-bond acceptors (Lipinski definition) is 3. The molecule has 164 valence electrons. The number of rotatable bonds is 10. The van der Waals surface area contributed by atoms with E-state index < -0.39 is 0 Å². The van der Waals surface area contributed by atoms with Gasteiger partial charge in [0, 0.05) is 46.7 Å². The number of carbonyl (C=O) groups is 2. The number of aromatic nitrogens is 1. The zero-order chi connectivity index (χ0) is 22.2. The van der Waals surface area contributed by atoms with Crippen LogP contribution < -0.4 is 16.1 Å². The van der Waals surface area contributed by atoms with Gasteiger partial charge in [-0.05, 0) is 62.1 Å². The molecule has 0 saturated heterocycles. The topological polar surface area (TPSA) is 91.1 Å². The van der Waals surface area contributed by atoms with Crippen molar-refractivity contribution < 1.29 is 9.59 Å². The van der Waals surface area contributed by atoms with Gasteiger partial charge in [0.2, 0.25) is 11.8 Å². The fraction of sp³-hybridized carbons (Fsp3) is 0.348. The van der Waals surface area contributed by atoms with Crippen molar-refractivity contribution in [1.29, 1.82) is 0 Å². The molecule has 8 heteroatoms. The van der Waals surface area contributed by atoms with Gasteiger partial charge in [0.05, 0.1) is 11.0 Å². The fourth-order valence-corrected chi connectivity index (χ4v) is 3.72. The van der Waals surface area contributed by atoms with Crippen molar-refractivity contribution in [1.82, 2.24) is 4.98 Å². The molecule has 3 N–H and O–H groups in total. The summed E-state index contributed by atoms with van der Waals surface area (Å²) in [7, 11) is 0. The first-order valence-corrected chi connectivity index (χ1v) is 11.4. The van der Waals surface area contributed by atoms with E-state index in [1.54, 1.807) is 36.4 Å². The second kappa shape index (κ2) is 11.2. The van der Waals surface area contributed by atoms with Crippen molar-refractivity contribution in [3.63, 3.8) is 0 Å². The Bertz CT molecular complexity index is 1060. The second-order valence-electron chi connectivity index (χ2n) is 7.36. The van der Waals surface area contributed by atoms with Crippen LogP contribution in [0.4, 0.5) is 11.4 Å². The molecule has 3 rings (SSSR count). The third-order valence-electron chi connectivity index (χ3n) is 4.94. The Labute approximate surface area is 190 Å². The molecule has 0 radical (unpaired) electrons. The zero-order valence-electron chi connectivity index (χ0n) is 17.1. The molecule has 0 aliphatic heterocycles. The molecular weight excluding hydrogens is 437 g/mol. The van der Waals surface area contributed by atoms with E-state index in [4.69, 9.17) is 23.2 Å². The number of pyridine rings is 1. The lowest BCUT2D eigenvalue weighted by atomic mass is 10.1. The molecular formula is C23H25Cl2N3O3. The lowest BCUT2D eigenvalue weighted by Gasteiger charge is -2.09. The Hall–Kier alpha value is -2.57. The number of anilines is 2. The summed E-state index contributed by atoms with van der Waals surface area (Å²) in [5.74, 6) is 0.888. The van der Waals surface area contributed by atoms with Crippen molar-refractivity contribution in [3.05, 3.63) is 46.6 Å². The number of alkyl halides is 2.